The second-order valence-electron chi connectivity index (χ2n) is 8.86. The Morgan fingerprint density at radius 2 is 1.83 bits per heavy atom. The molecule has 10 nitrogen and oxygen atoms in total. The summed E-state index contributed by atoms with van der Waals surface area (Å²) < 4.78 is 10.4. The molecule has 2 aliphatic heterocycles. The molecule has 0 spiro atoms. The molecule has 0 aliphatic carbocycles. The molecule has 0 aromatic heterocycles. The molecule has 4 N–H and O–H groups in total. The van der Waals surface area contributed by atoms with E-state index in [-0.39, 0.29) is 36.5 Å². The molecular formula is C25H36N4O6S. The smallest absolute Gasteiger partial charge is 0.344 e. The maximum absolute atomic E-state index is 12.3. The number of thioether (sulfide) groups is 1. The predicted octanol–water partition coefficient (Wildman–Crippen LogP) is 1.98. The number of ether oxygens (including phenoxy) is 2. The fourth-order valence-corrected chi connectivity index (χ4v) is 5.60. The zero-order chi connectivity index (χ0) is 25.8. The number of esters is 1. The summed E-state index contributed by atoms with van der Waals surface area (Å²) in [5, 5.41) is 11.9. The van der Waals surface area contributed by atoms with Crippen LogP contribution < -0.4 is 26.0 Å². The Kier molecular flexibility index (Phi) is 11.2. The van der Waals surface area contributed by atoms with Crippen molar-refractivity contribution in [3.05, 3.63) is 29.8 Å². The second-order valence-corrected chi connectivity index (χ2v) is 10.1. The van der Waals surface area contributed by atoms with Crippen molar-refractivity contribution in [3.63, 3.8) is 0 Å². The van der Waals surface area contributed by atoms with E-state index in [0.717, 1.165) is 37.9 Å². The molecule has 2 aliphatic rings. The Morgan fingerprint density at radius 3 is 2.61 bits per heavy atom. The molecule has 0 bridgehead atoms. The van der Waals surface area contributed by atoms with Gasteiger partial charge in [0.2, 0.25) is 5.91 Å². The summed E-state index contributed by atoms with van der Waals surface area (Å²) in [7, 11) is 0. The molecule has 11 heteroatoms. The quantitative estimate of drug-likeness (QED) is 0.158. The van der Waals surface area contributed by atoms with Crippen molar-refractivity contribution in [2.75, 3.05) is 32.1 Å². The lowest BCUT2D eigenvalue weighted by atomic mass is 10.0. The van der Waals surface area contributed by atoms with Crippen molar-refractivity contribution < 1.29 is 28.7 Å². The van der Waals surface area contributed by atoms with Gasteiger partial charge in [-0.15, -0.1) is 0 Å². The molecule has 198 valence electrons. The van der Waals surface area contributed by atoms with Gasteiger partial charge in [0.05, 0.1) is 18.7 Å². The topological polar surface area (TPSA) is 135 Å². The van der Waals surface area contributed by atoms with Gasteiger partial charge in [0, 0.05) is 36.1 Å². The first-order valence-corrected chi connectivity index (χ1v) is 13.6. The van der Waals surface area contributed by atoms with E-state index >= 15 is 0 Å². The zero-order valence-corrected chi connectivity index (χ0v) is 21.5. The molecule has 36 heavy (non-hydrogen) atoms. The first-order valence-electron chi connectivity index (χ1n) is 12.6. The van der Waals surface area contributed by atoms with E-state index in [0.29, 0.717) is 42.7 Å². The summed E-state index contributed by atoms with van der Waals surface area (Å²) in [4.78, 5) is 47.3. The number of fused-ring (bicyclic) bond motifs is 1. The average Bonchev–Trinajstić information content (AvgIpc) is 3.42. The summed E-state index contributed by atoms with van der Waals surface area (Å²) in [6, 6.07) is 6.82. The Morgan fingerprint density at radius 1 is 1.06 bits per heavy atom. The Labute approximate surface area is 216 Å². The third-order valence-electron chi connectivity index (χ3n) is 6.05. The average molecular weight is 521 g/mol. The summed E-state index contributed by atoms with van der Waals surface area (Å²) in [5.74, 6) is 0.702. The maximum Gasteiger partial charge on any atom is 0.344 e. The van der Waals surface area contributed by atoms with E-state index in [1.54, 1.807) is 24.3 Å². The van der Waals surface area contributed by atoms with E-state index < -0.39 is 5.97 Å². The highest BCUT2D eigenvalue weighted by Gasteiger charge is 2.42. The Balaban J connectivity index is 1.22. The summed E-state index contributed by atoms with van der Waals surface area (Å²) >= 11 is 1.88. The van der Waals surface area contributed by atoms with Gasteiger partial charge in [-0.1, -0.05) is 19.8 Å². The third kappa shape index (κ3) is 8.92. The van der Waals surface area contributed by atoms with Crippen molar-refractivity contribution in [3.8, 4) is 5.75 Å². The molecular weight excluding hydrogens is 484 g/mol. The zero-order valence-electron chi connectivity index (χ0n) is 20.7. The lowest BCUT2D eigenvalue weighted by Crippen LogP contribution is -2.36. The van der Waals surface area contributed by atoms with E-state index in [2.05, 4.69) is 21.3 Å². The Hall–Kier alpha value is -2.95. The number of unbranched alkanes of at least 4 members (excludes halogenated alkanes) is 2. The predicted molar refractivity (Wildman–Crippen MR) is 137 cm³/mol. The summed E-state index contributed by atoms with van der Waals surface area (Å²) in [6.45, 7) is 2.90. The largest absolute Gasteiger partial charge is 0.482 e. The van der Waals surface area contributed by atoms with Crippen molar-refractivity contribution in [2.24, 2.45) is 0 Å². The number of carbonyl (C=O) groups is 4. The van der Waals surface area contributed by atoms with Gasteiger partial charge >= 0.3 is 12.0 Å². The van der Waals surface area contributed by atoms with E-state index in [9.17, 15) is 19.2 Å². The van der Waals surface area contributed by atoms with Crippen LogP contribution in [-0.2, 0) is 14.3 Å². The van der Waals surface area contributed by atoms with Crippen LogP contribution in [0.25, 0.3) is 0 Å². The van der Waals surface area contributed by atoms with Crippen LogP contribution in [0.2, 0.25) is 0 Å². The SMILES string of the molecule is CCCCOC(=O)COc1ccc(C(=O)NCCNC(=O)CCCC[C@@H]2SC[C@@H]3NC(=O)N[C@@H]32)cc1. The van der Waals surface area contributed by atoms with Gasteiger partial charge in [0.1, 0.15) is 5.75 Å². The highest BCUT2D eigenvalue weighted by Crippen LogP contribution is 2.33. The van der Waals surface area contributed by atoms with E-state index in [1.165, 1.54) is 0 Å². The summed E-state index contributed by atoms with van der Waals surface area (Å²) in [5.41, 5.74) is 0.458. The van der Waals surface area contributed by atoms with Crippen LogP contribution in [0.4, 0.5) is 4.79 Å². The number of hydrogen-bond donors (Lipinski definition) is 4. The number of rotatable bonds is 15. The molecule has 2 saturated heterocycles. The highest BCUT2D eigenvalue weighted by molar-refractivity contribution is 8.00. The second kappa shape index (κ2) is 14.6. The van der Waals surface area contributed by atoms with Crippen LogP contribution in [-0.4, -0.2) is 73.2 Å². The van der Waals surface area contributed by atoms with Gasteiger partial charge in [-0.3, -0.25) is 9.59 Å². The van der Waals surface area contributed by atoms with Crippen LogP contribution >= 0.6 is 11.8 Å². The fraction of sp³-hybridized carbons (Fsp3) is 0.600. The van der Waals surface area contributed by atoms with Gasteiger partial charge in [-0.25, -0.2) is 9.59 Å². The first kappa shape index (κ1) is 27.6. The minimum Gasteiger partial charge on any atom is -0.482 e. The van der Waals surface area contributed by atoms with Crippen molar-refractivity contribution in [2.45, 2.75) is 62.8 Å². The van der Waals surface area contributed by atoms with Crippen molar-refractivity contribution in [1.82, 2.24) is 21.3 Å². The number of urea groups is 1. The van der Waals surface area contributed by atoms with Crippen LogP contribution in [0.1, 0.15) is 55.8 Å². The van der Waals surface area contributed by atoms with Crippen LogP contribution in [0, 0.1) is 0 Å². The van der Waals surface area contributed by atoms with Gasteiger partial charge in [0.25, 0.3) is 5.91 Å². The molecule has 3 rings (SSSR count). The molecule has 1 aromatic rings. The van der Waals surface area contributed by atoms with E-state index in [4.69, 9.17) is 9.47 Å². The lowest BCUT2D eigenvalue weighted by Gasteiger charge is -2.16. The monoisotopic (exact) mass is 520 g/mol. The molecule has 2 heterocycles. The molecule has 0 saturated carbocycles. The summed E-state index contributed by atoms with van der Waals surface area (Å²) in [6.07, 6.45) is 4.91. The minimum absolute atomic E-state index is 0.0354. The number of benzene rings is 1. The first-order chi connectivity index (χ1) is 17.5. The normalized spacial score (nSPS) is 20.1. The molecule has 1 aromatic carbocycles. The van der Waals surface area contributed by atoms with Gasteiger partial charge in [0.15, 0.2) is 6.61 Å². The number of amides is 4. The molecule has 4 amide bonds. The minimum atomic E-state index is -0.421. The van der Waals surface area contributed by atoms with Gasteiger partial charge < -0.3 is 30.7 Å². The standard InChI is InChI=1S/C25H36N4O6S/c1-2-3-14-34-22(31)15-35-18-10-8-17(9-11-18)24(32)27-13-12-26-21(30)7-5-4-6-20-23-19(16-36-20)28-25(33)29-23/h8-11,19-20,23H,2-7,12-16H2,1H3,(H,26,30)(H,27,32)(H2,28,29,33)/t19-,20-,23-/m0/s1. The molecule has 3 atom stereocenters. The lowest BCUT2D eigenvalue weighted by molar-refractivity contribution is -0.146. The molecule has 2 fully saturated rings. The maximum atomic E-state index is 12.3. The Bertz CT molecular complexity index is 897. The molecule has 0 unspecified atom stereocenters. The highest BCUT2D eigenvalue weighted by atomic mass is 32.2. The van der Waals surface area contributed by atoms with Crippen LogP contribution in [0.3, 0.4) is 0 Å². The number of carbonyl (C=O) groups excluding carboxylic acids is 4. The fourth-order valence-electron chi connectivity index (χ4n) is 4.06. The van der Waals surface area contributed by atoms with Crippen LogP contribution in [0.15, 0.2) is 24.3 Å². The van der Waals surface area contributed by atoms with E-state index in [1.807, 2.05) is 18.7 Å². The third-order valence-corrected chi connectivity index (χ3v) is 7.56. The van der Waals surface area contributed by atoms with Crippen molar-refractivity contribution >= 4 is 35.6 Å². The number of hydrogen-bond acceptors (Lipinski definition) is 7. The number of nitrogens with one attached hydrogen (secondary N) is 4. The van der Waals surface area contributed by atoms with Gasteiger partial charge in [-0.2, -0.15) is 11.8 Å². The van der Waals surface area contributed by atoms with Gasteiger partial charge in [-0.05, 0) is 43.5 Å². The van der Waals surface area contributed by atoms with Crippen molar-refractivity contribution in [1.29, 1.82) is 0 Å². The van der Waals surface area contributed by atoms with Crippen LogP contribution in [0.5, 0.6) is 5.75 Å². The molecule has 0 radical (unpaired) electrons.